The summed E-state index contributed by atoms with van der Waals surface area (Å²) in [5.74, 6) is 0.168. The quantitative estimate of drug-likeness (QED) is 0.810. The van der Waals surface area contributed by atoms with Gasteiger partial charge in [-0.1, -0.05) is 27.7 Å². The third kappa shape index (κ3) is 5.06. The predicted molar refractivity (Wildman–Crippen MR) is 84.5 cm³/mol. The summed E-state index contributed by atoms with van der Waals surface area (Å²) in [7, 11) is 1.93. The zero-order chi connectivity index (χ0) is 15.3. The fourth-order valence-electron chi connectivity index (χ4n) is 3.25. The Labute approximate surface area is 124 Å². The van der Waals surface area contributed by atoms with Crippen LogP contribution in [0.25, 0.3) is 0 Å². The van der Waals surface area contributed by atoms with E-state index < -0.39 is 0 Å². The SMILES string of the molecule is CCN1CCCC1CN(C)C(=O)C(CN)CC(C)(C)C. The van der Waals surface area contributed by atoms with Gasteiger partial charge in [0.15, 0.2) is 0 Å². The number of amides is 1. The molecule has 0 saturated carbocycles. The second-order valence-electron chi connectivity index (χ2n) is 7.34. The Balaban J connectivity index is 2.56. The fraction of sp³-hybridized carbons (Fsp3) is 0.938. The molecule has 0 aliphatic carbocycles. The number of likely N-dealkylation sites (N-methyl/N-ethyl adjacent to an activating group) is 2. The number of carbonyl (C=O) groups is 1. The van der Waals surface area contributed by atoms with E-state index in [1.165, 1.54) is 19.4 Å². The van der Waals surface area contributed by atoms with Gasteiger partial charge < -0.3 is 10.6 Å². The minimum absolute atomic E-state index is 0.0449. The topological polar surface area (TPSA) is 49.6 Å². The molecule has 0 aromatic heterocycles. The van der Waals surface area contributed by atoms with Crippen LogP contribution in [0.3, 0.4) is 0 Å². The average Bonchev–Trinajstić information content (AvgIpc) is 2.81. The summed E-state index contributed by atoms with van der Waals surface area (Å²) >= 11 is 0. The lowest BCUT2D eigenvalue weighted by Crippen LogP contribution is -2.45. The van der Waals surface area contributed by atoms with Gasteiger partial charge in [-0.3, -0.25) is 9.69 Å². The smallest absolute Gasteiger partial charge is 0.226 e. The van der Waals surface area contributed by atoms with E-state index in [2.05, 4.69) is 32.6 Å². The summed E-state index contributed by atoms with van der Waals surface area (Å²) in [6.07, 6.45) is 3.32. The maximum Gasteiger partial charge on any atom is 0.226 e. The van der Waals surface area contributed by atoms with E-state index >= 15 is 0 Å². The summed E-state index contributed by atoms with van der Waals surface area (Å²) in [6, 6.07) is 0.530. The van der Waals surface area contributed by atoms with Crippen LogP contribution >= 0.6 is 0 Å². The molecule has 2 atom stereocenters. The van der Waals surface area contributed by atoms with Gasteiger partial charge in [-0.2, -0.15) is 0 Å². The molecule has 1 rings (SSSR count). The van der Waals surface area contributed by atoms with Gasteiger partial charge in [-0.15, -0.1) is 0 Å². The number of rotatable bonds is 6. The summed E-state index contributed by atoms with van der Waals surface area (Å²) in [6.45, 7) is 12.2. The number of nitrogens with zero attached hydrogens (tertiary/aromatic N) is 2. The molecular weight excluding hydrogens is 250 g/mol. The first-order valence-electron chi connectivity index (χ1n) is 7.97. The van der Waals surface area contributed by atoms with Crippen molar-refractivity contribution in [3.8, 4) is 0 Å². The van der Waals surface area contributed by atoms with E-state index in [0.717, 1.165) is 19.5 Å². The van der Waals surface area contributed by atoms with Crippen molar-refractivity contribution in [2.75, 3.05) is 33.2 Å². The van der Waals surface area contributed by atoms with E-state index in [-0.39, 0.29) is 17.2 Å². The highest BCUT2D eigenvalue weighted by molar-refractivity contribution is 5.78. The molecule has 118 valence electrons. The number of carbonyl (C=O) groups excluding carboxylic acids is 1. The van der Waals surface area contributed by atoms with Crippen molar-refractivity contribution >= 4 is 5.91 Å². The van der Waals surface area contributed by atoms with Crippen LogP contribution in [0, 0.1) is 11.3 Å². The predicted octanol–water partition coefficient (Wildman–Crippen LogP) is 1.94. The molecular formula is C16H33N3O. The van der Waals surface area contributed by atoms with E-state index in [1.54, 1.807) is 0 Å². The molecule has 0 radical (unpaired) electrons. The monoisotopic (exact) mass is 283 g/mol. The summed E-state index contributed by atoms with van der Waals surface area (Å²) in [4.78, 5) is 16.9. The van der Waals surface area contributed by atoms with Crippen molar-refractivity contribution < 1.29 is 4.79 Å². The minimum Gasteiger partial charge on any atom is -0.344 e. The molecule has 20 heavy (non-hydrogen) atoms. The minimum atomic E-state index is -0.0449. The summed E-state index contributed by atoms with van der Waals surface area (Å²) in [5.41, 5.74) is 5.96. The van der Waals surface area contributed by atoms with Crippen LogP contribution in [0.2, 0.25) is 0 Å². The molecule has 4 nitrogen and oxygen atoms in total. The molecule has 1 fully saturated rings. The molecule has 1 aliphatic rings. The molecule has 0 aromatic rings. The zero-order valence-electron chi connectivity index (χ0n) is 14.0. The van der Waals surface area contributed by atoms with Crippen LogP contribution in [0.1, 0.15) is 47.0 Å². The van der Waals surface area contributed by atoms with E-state index in [4.69, 9.17) is 5.73 Å². The maximum atomic E-state index is 12.6. The highest BCUT2D eigenvalue weighted by atomic mass is 16.2. The van der Waals surface area contributed by atoms with Gasteiger partial charge in [0.05, 0.1) is 5.92 Å². The van der Waals surface area contributed by atoms with Gasteiger partial charge in [0.1, 0.15) is 0 Å². The van der Waals surface area contributed by atoms with Gasteiger partial charge in [0.25, 0.3) is 0 Å². The Hall–Kier alpha value is -0.610. The molecule has 1 amide bonds. The third-order valence-electron chi connectivity index (χ3n) is 4.26. The van der Waals surface area contributed by atoms with Crippen LogP contribution in [0.15, 0.2) is 0 Å². The highest BCUT2D eigenvalue weighted by Crippen LogP contribution is 2.25. The first kappa shape index (κ1) is 17.4. The number of likely N-dealkylation sites (tertiary alicyclic amines) is 1. The molecule has 1 aliphatic heterocycles. The van der Waals surface area contributed by atoms with Crippen LogP contribution in [-0.2, 0) is 4.79 Å². The molecule has 2 unspecified atom stereocenters. The van der Waals surface area contributed by atoms with Crippen molar-refractivity contribution in [1.29, 1.82) is 0 Å². The average molecular weight is 283 g/mol. The van der Waals surface area contributed by atoms with Gasteiger partial charge in [0.2, 0.25) is 5.91 Å². The van der Waals surface area contributed by atoms with Crippen LogP contribution in [0.4, 0.5) is 0 Å². The van der Waals surface area contributed by atoms with Crippen molar-refractivity contribution in [2.24, 2.45) is 17.1 Å². The standard InChI is InChI=1S/C16H33N3O/c1-6-19-9-7-8-14(19)12-18(5)15(20)13(11-17)10-16(2,3)4/h13-14H,6-12,17H2,1-5H3. The largest absolute Gasteiger partial charge is 0.344 e. The highest BCUT2D eigenvalue weighted by Gasteiger charge is 2.29. The Morgan fingerprint density at radius 3 is 2.60 bits per heavy atom. The van der Waals surface area contributed by atoms with Crippen molar-refractivity contribution in [3.05, 3.63) is 0 Å². The Kier molecular flexibility index (Phi) is 6.46. The summed E-state index contributed by atoms with van der Waals surface area (Å²) < 4.78 is 0. The molecule has 1 heterocycles. The summed E-state index contributed by atoms with van der Waals surface area (Å²) in [5, 5.41) is 0. The van der Waals surface area contributed by atoms with Crippen LogP contribution in [-0.4, -0.2) is 55.0 Å². The van der Waals surface area contributed by atoms with E-state index in [0.29, 0.717) is 12.6 Å². The van der Waals surface area contributed by atoms with Gasteiger partial charge in [-0.05, 0) is 37.8 Å². The molecule has 4 heteroatoms. The lowest BCUT2D eigenvalue weighted by molar-refractivity contribution is -0.135. The second kappa shape index (κ2) is 7.41. The maximum absolute atomic E-state index is 12.6. The van der Waals surface area contributed by atoms with Crippen LogP contribution in [0.5, 0.6) is 0 Å². The number of hydrogen-bond acceptors (Lipinski definition) is 3. The van der Waals surface area contributed by atoms with Crippen molar-refractivity contribution in [2.45, 2.75) is 53.0 Å². The molecule has 0 aromatic carbocycles. The van der Waals surface area contributed by atoms with Crippen molar-refractivity contribution in [3.63, 3.8) is 0 Å². The Morgan fingerprint density at radius 2 is 2.10 bits per heavy atom. The number of hydrogen-bond donors (Lipinski definition) is 1. The Morgan fingerprint density at radius 1 is 1.45 bits per heavy atom. The van der Waals surface area contributed by atoms with Gasteiger partial charge >= 0.3 is 0 Å². The molecule has 2 N–H and O–H groups in total. The van der Waals surface area contributed by atoms with E-state index in [1.807, 2.05) is 11.9 Å². The zero-order valence-corrected chi connectivity index (χ0v) is 14.0. The van der Waals surface area contributed by atoms with Crippen molar-refractivity contribution in [1.82, 2.24) is 9.80 Å². The lowest BCUT2D eigenvalue weighted by Gasteiger charge is -2.31. The first-order chi connectivity index (χ1) is 9.28. The van der Waals surface area contributed by atoms with Gasteiger partial charge in [0, 0.05) is 26.2 Å². The van der Waals surface area contributed by atoms with E-state index in [9.17, 15) is 4.79 Å². The van der Waals surface area contributed by atoms with Crippen LogP contribution < -0.4 is 5.73 Å². The lowest BCUT2D eigenvalue weighted by atomic mass is 9.84. The molecule has 0 bridgehead atoms. The fourth-order valence-corrected chi connectivity index (χ4v) is 3.25. The van der Waals surface area contributed by atoms with Gasteiger partial charge in [-0.25, -0.2) is 0 Å². The molecule has 0 spiro atoms. The normalized spacial score (nSPS) is 22.0. The molecule has 1 saturated heterocycles. The second-order valence-corrected chi connectivity index (χ2v) is 7.34. The Bertz CT molecular complexity index is 311. The number of nitrogens with two attached hydrogens (primary N) is 1. The first-order valence-corrected chi connectivity index (χ1v) is 7.97. The third-order valence-corrected chi connectivity index (χ3v) is 4.26.